The molecule has 0 saturated heterocycles. The van der Waals surface area contributed by atoms with Gasteiger partial charge in [-0.05, 0) is 43.9 Å². The van der Waals surface area contributed by atoms with E-state index in [0.29, 0.717) is 0 Å². The van der Waals surface area contributed by atoms with E-state index < -0.39 is 0 Å². The first kappa shape index (κ1) is 6.47. The number of hydrogen-bond acceptors (Lipinski definition) is 1. The van der Waals surface area contributed by atoms with Crippen molar-refractivity contribution in [1.82, 2.24) is 5.32 Å². The maximum absolute atomic E-state index is 3.78. The predicted molar refractivity (Wildman–Crippen MR) is 45.4 cm³/mol. The average Bonchev–Trinajstić information content (AvgIpc) is 2.61. The predicted octanol–water partition coefficient (Wildman–Crippen LogP) is 1.93. The van der Waals surface area contributed by atoms with Crippen molar-refractivity contribution in [2.24, 2.45) is 11.8 Å². The Kier molecular flexibility index (Phi) is 1.31. The number of nitrogens with one attached hydrogen (secondary N) is 1. The standard InChI is InChI=1S/C10H17N/c1-2-8-5-7(1)6-10(8)11-9-3-4-9/h7-11H,1-6H2/t7-,8+,10+/m0/s1. The fourth-order valence-electron chi connectivity index (χ4n) is 3.00. The summed E-state index contributed by atoms with van der Waals surface area (Å²) in [5, 5.41) is 3.78. The van der Waals surface area contributed by atoms with Gasteiger partial charge < -0.3 is 5.32 Å². The number of hydrogen-bond donors (Lipinski definition) is 1. The quantitative estimate of drug-likeness (QED) is 0.636. The topological polar surface area (TPSA) is 12.0 Å². The maximum atomic E-state index is 3.78. The first-order valence-corrected chi connectivity index (χ1v) is 5.18. The van der Waals surface area contributed by atoms with E-state index in [1.807, 2.05) is 0 Å². The molecule has 0 unspecified atom stereocenters. The van der Waals surface area contributed by atoms with Gasteiger partial charge in [0.15, 0.2) is 0 Å². The lowest BCUT2D eigenvalue weighted by molar-refractivity contribution is 0.350. The second-order valence-corrected chi connectivity index (χ2v) is 4.72. The Hall–Kier alpha value is -0.0400. The monoisotopic (exact) mass is 151 g/mol. The molecule has 3 saturated carbocycles. The SMILES string of the molecule is C1CC1N[C@@H]1C[C@H]2CC[C@@H]1C2. The molecule has 1 nitrogen and oxygen atoms in total. The third-order valence-corrected chi connectivity index (χ3v) is 3.77. The van der Waals surface area contributed by atoms with Gasteiger partial charge in [-0.3, -0.25) is 0 Å². The molecule has 62 valence electrons. The summed E-state index contributed by atoms with van der Waals surface area (Å²) in [4.78, 5) is 0. The molecule has 0 radical (unpaired) electrons. The molecule has 0 heterocycles. The molecule has 0 spiro atoms. The molecule has 3 rings (SSSR count). The molecule has 0 aromatic heterocycles. The summed E-state index contributed by atoms with van der Waals surface area (Å²) in [6, 6.07) is 1.86. The van der Waals surface area contributed by atoms with Gasteiger partial charge in [0.1, 0.15) is 0 Å². The minimum Gasteiger partial charge on any atom is -0.311 e. The fourth-order valence-corrected chi connectivity index (χ4v) is 3.00. The molecule has 1 heteroatoms. The molecular weight excluding hydrogens is 134 g/mol. The van der Waals surface area contributed by atoms with Gasteiger partial charge in [0.05, 0.1) is 0 Å². The Balaban J connectivity index is 1.62. The molecule has 0 amide bonds. The second-order valence-electron chi connectivity index (χ2n) is 4.72. The molecule has 1 N–H and O–H groups in total. The van der Waals surface area contributed by atoms with Crippen LogP contribution < -0.4 is 5.32 Å². The zero-order chi connectivity index (χ0) is 7.26. The molecule has 0 aromatic carbocycles. The lowest BCUT2D eigenvalue weighted by atomic mass is 9.95. The highest BCUT2D eigenvalue weighted by Gasteiger charge is 2.41. The van der Waals surface area contributed by atoms with Gasteiger partial charge in [0.25, 0.3) is 0 Å². The van der Waals surface area contributed by atoms with Crippen LogP contribution in [0.4, 0.5) is 0 Å². The second kappa shape index (κ2) is 2.22. The highest BCUT2D eigenvalue weighted by atomic mass is 15.0. The van der Waals surface area contributed by atoms with Crippen LogP contribution in [0.2, 0.25) is 0 Å². The van der Waals surface area contributed by atoms with Gasteiger partial charge in [-0.25, -0.2) is 0 Å². The van der Waals surface area contributed by atoms with E-state index in [1.165, 1.54) is 32.1 Å². The van der Waals surface area contributed by atoms with Crippen molar-refractivity contribution < 1.29 is 0 Å². The van der Waals surface area contributed by atoms with Crippen LogP contribution in [-0.4, -0.2) is 12.1 Å². The van der Waals surface area contributed by atoms with Gasteiger partial charge in [-0.2, -0.15) is 0 Å². The minimum atomic E-state index is 0.930. The van der Waals surface area contributed by atoms with Gasteiger partial charge in [-0.15, -0.1) is 0 Å². The number of fused-ring (bicyclic) bond motifs is 2. The Morgan fingerprint density at radius 2 is 1.82 bits per heavy atom. The molecule has 3 aliphatic carbocycles. The van der Waals surface area contributed by atoms with Crippen LogP contribution in [0.15, 0.2) is 0 Å². The molecule has 0 aliphatic heterocycles. The largest absolute Gasteiger partial charge is 0.311 e. The van der Waals surface area contributed by atoms with Gasteiger partial charge >= 0.3 is 0 Å². The zero-order valence-corrected chi connectivity index (χ0v) is 7.05. The molecule has 11 heavy (non-hydrogen) atoms. The summed E-state index contributed by atoms with van der Waals surface area (Å²) in [6.45, 7) is 0. The van der Waals surface area contributed by atoms with Crippen LogP contribution in [-0.2, 0) is 0 Å². The Labute approximate surface area is 68.6 Å². The smallest absolute Gasteiger partial charge is 0.0101 e. The molecule has 2 bridgehead atoms. The average molecular weight is 151 g/mol. The molecule has 0 aromatic rings. The normalized spacial score (nSPS) is 48.5. The van der Waals surface area contributed by atoms with Crippen LogP contribution in [0.1, 0.15) is 38.5 Å². The van der Waals surface area contributed by atoms with E-state index in [0.717, 1.165) is 23.9 Å². The van der Waals surface area contributed by atoms with Crippen molar-refractivity contribution >= 4 is 0 Å². The summed E-state index contributed by atoms with van der Waals surface area (Å²) in [5.74, 6) is 2.18. The summed E-state index contributed by atoms with van der Waals surface area (Å²) in [7, 11) is 0. The summed E-state index contributed by atoms with van der Waals surface area (Å²) < 4.78 is 0. The summed E-state index contributed by atoms with van der Waals surface area (Å²) in [5.41, 5.74) is 0. The first-order chi connectivity index (χ1) is 5.42. The number of rotatable bonds is 2. The van der Waals surface area contributed by atoms with E-state index in [-0.39, 0.29) is 0 Å². The lowest BCUT2D eigenvalue weighted by Gasteiger charge is -2.22. The highest BCUT2D eigenvalue weighted by molar-refractivity contribution is 4.97. The zero-order valence-electron chi connectivity index (χ0n) is 7.05. The van der Waals surface area contributed by atoms with Crippen LogP contribution in [0, 0.1) is 11.8 Å². The third kappa shape index (κ3) is 1.10. The molecule has 3 fully saturated rings. The van der Waals surface area contributed by atoms with Gasteiger partial charge in [0.2, 0.25) is 0 Å². The maximum Gasteiger partial charge on any atom is 0.0101 e. The van der Waals surface area contributed by atoms with Gasteiger partial charge in [0, 0.05) is 12.1 Å². The van der Waals surface area contributed by atoms with E-state index >= 15 is 0 Å². The molecule has 3 atom stereocenters. The van der Waals surface area contributed by atoms with Crippen molar-refractivity contribution in [3.63, 3.8) is 0 Å². The van der Waals surface area contributed by atoms with Crippen molar-refractivity contribution in [2.75, 3.05) is 0 Å². The first-order valence-electron chi connectivity index (χ1n) is 5.18. The summed E-state index contributed by atoms with van der Waals surface area (Å²) in [6.07, 6.45) is 9.01. The van der Waals surface area contributed by atoms with Crippen LogP contribution in [0.5, 0.6) is 0 Å². The van der Waals surface area contributed by atoms with E-state index in [9.17, 15) is 0 Å². The van der Waals surface area contributed by atoms with Crippen molar-refractivity contribution in [3.8, 4) is 0 Å². The van der Waals surface area contributed by atoms with Gasteiger partial charge in [-0.1, -0.05) is 6.42 Å². The van der Waals surface area contributed by atoms with Crippen LogP contribution >= 0.6 is 0 Å². The fraction of sp³-hybridized carbons (Fsp3) is 1.00. The van der Waals surface area contributed by atoms with Crippen LogP contribution in [0.25, 0.3) is 0 Å². The Morgan fingerprint density at radius 3 is 2.36 bits per heavy atom. The van der Waals surface area contributed by atoms with Crippen LogP contribution in [0.3, 0.4) is 0 Å². The van der Waals surface area contributed by atoms with E-state index in [1.54, 1.807) is 6.42 Å². The lowest BCUT2D eigenvalue weighted by Crippen LogP contribution is -2.35. The van der Waals surface area contributed by atoms with Crippen molar-refractivity contribution in [3.05, 3.63) is 0 Å². The van der Waals surface area contributed by atoms with E-state index in [4.69, 9.17) is 0 Å². The van der Waals surface area contributed by atoms with Crippen molar-refractivity contribution in [2.45, 2.75) is 50.6 Å². The summed E-state index contributed by atoms with van der Waals surface area (Å²) >= 11 is 0. The highest BCUT2D eigenvalue weighted by Crippen LogP contribution is 2.45. The Bertz CT molecular complexity index is 162. The Morgan fingerprint density at radius 1 is 0.909 bits per heavy atom. The third-order valence-electron chi connectivity index (χ3n) is 3.77. The molecule has 3 aliphatic rings. The van der Waals surface area contributed by atoms with E-state index in [2.05, 4.69) is 5.32 Å². The van der Waals surface area contributed by atoms with Crippen molar-refractivity contribution in [1.29, 1.82) is 0 Å². The minimum absolute atomic E-state index is 0.930. The molecular formula is C10H17N.